The van der Waals surface area contributed by atoms with Gasteiger partial charge in [-0.2, -0.15) is 0 Å². The van der Waals surface area contributed by atoms with Crippen LogP contribution in [0.3, 0.4) is 0 Å². The van der Waals surface area contributed by atoms with Crippen molar-refractivity contribution >= 4 is 11.6 Å². The lowest BCUT2D eigenvalue weighted by Crippen LogP contribution is -2.13. The average molecular weight is 203 g/mol. The Labute approximate surface area is 87.7 Å². The SMILES string of the molecule is CC(C)c1ccc2ncc(C(N)=O)n2c1. The number of pyridine rings is 1. The summed E-state index contributed by atoms with van der Waals surface area (Å²) in [6, 6.07) is 3.90. The minimum Gasteiger partial charge on any atom is -0.364 e. The van der Waals surface area contributed by atoms with Crippen LogP contribution in [-0.4, -0.2) is 15.3 Å². The first kappa shape index (κ1) is 9.71. The number of imidazole rings is 1. The fourth-order valence-electron chi connectivity index (χ4n) is 1.52. The summed E-state index contributed by atoms with van der Waals surface area (Å²) >= 11 is 0. The summed E-state index contributed by atoms with van der Waals surface area (Å²) in [5, 5.41) is 0. The van der Waals surface area contributed by atoms with Gasteiger partial charge in [-0.25, -0.2) is 4.98 Å². The minimum atomic E-state index is -0.455. The Bertz CT molecular complexity index is 514. The van der Waals surface area contributed by atoms with Crippen LogP contribution in [0.5, 0.6) is 0 Å². The lowest BCUT2D eigenvalue weighted by Gasteiger charge is -2.06. The van der Waals surface area contributed by atoms with E-state index in [4.69, 9.17) is 5.73 Å². The summed E-state index contributed by atoms with van der Waals surface area (Å²) in [6.07, 6.45) is 3.41. The maximum atomic E-state index is 11.1. The molecule has 0 aliphatic rings. The molecule has 0 saturated heterocycles. The molecular weight excluding hydrogens is 190 g/mol. The van der Waals surface area contributed by atoms with Gasteiger partial charge in [0.15, 0.2) is 0 Å². The van der Waals surface area contributed by atoms with Crippen molar-refractivity contribution in [3.05, 3.63) is 35.8 Å². The number of fused-ring (bicyclic) bond motifs is 1. The van der Waals surface area contributed by atoms with Gasteiger partial charge in [0.1, 0.15) is 11.3 Å². The summed E-state index contributed by atoms with van der Waals surface area (Å²) < 4.78 is 1.73. The Balaban J connectivity index is 2.66. The van der Waals surface area contributed by atoms with Gasteiger partial charge < -0.3 is 5.73 Å². The fraction of sp³-hybridized carbons (Fsp3) is 0.273. The number of hydrogen-bond donors (Lipinski definition) is 1. The highest BCUT2D eigenvalue weighted by atomic mass is 16.1. The van der Waals surface area contributed by atoms with E-state index in [0.717, 1.165) is 11.2 Å². The van der Waals surface area contributed by atoms with Gasteiger partial charge in [-0.05, 0) is 17.5 Å². The molecule has 0 spiro atoms. The number of nitrogens with zero attached hydrogens (tertiary/aromatic N) is 2. The molecule has 0 fully saturated rings. The lowest BCUT2D eigenvalue weighted by molar-refractivity contribution is 0.0994. The summed E-state index contributed by atoms with van der Waals surface area (Å²) in [5.41, 5.74) is 7.57. The third-order valence-electron chi connectivity index (χ3n) is 2.45. The van der Waals surface area contributed by atoms with E-state index in [0.29, 0.717) is 11.6 Å². The molecule has 2 heterocycles. The van der Waals surface area contributed by atoms with Crippen LogP contribution in [0.15, 0.2) is 24.5 Å². The van der Waals surface area contributed by atoms with Crippen LogP contribution in [0.1, 0.15) is 35.8 Å². The number of hydrogen-bond acceptors (Lipinski definition) is 2. The molecule has 0 saturated carbocycles. The van der Waals surface area contributed by atoms with Crippen LogP contribution in [0.2, 0.25) is 0 Å². The van der Waals surface area contributed by atoms with Crippen LogP contribution >= 0.6 is 0 Å². The van der Waals surface area contributed by atoms with Crippen molar-refractivity contribution < 1.29 is 4.79 Å². The topological polar surface area (TPSA) is 60.4 Å². The first-order chi connectivity index (χ1) is 7.09. The zero-order chi connectivity index (χ0) is 11.0. The van der Waals surface area contributed by atoms with Gasteiger partial charge in [-0.1, -0.05) is 19.9 Å². The molecule has 2 rings (SSSR count). The molecule has 2 aromatic heterocycles. The molecule has 0 bridgehead atoms. The zero-order valence-corrected chi connectivity index (χ0v) is 8.77. The van der Waals surface area contributed by atoms with Crippen LogP contribution in [0, 0.1) is 0 Å². The average Bonchev–Trinajstić information content (AvgIpc) is 2.59. The standard InChI is InChI=1S/C11H13N3O/c1-7(2)8-3-4-10-13-5-9(11(12)15)14(10)6-8/h3-7H,1-2H3,(H2,12,15). The van der Waals surface area contributed by atoms with Crippen molar-refractivity contribution in [3.8, 4) is 0 Å². The molecule has 2 N–H and O–H groups in total. The Morgan fingerprint density at radius 3 is 2.80 bits per heavy atom. The second kappa shape index (κ2) is 3.38. The summed E-state index contributed by atoms with van der Waals surface area (Å²) in [6.45, 7) is 4.20. The van der Waals surface area contributed by atoms with Crippen molar-refractivity contribution in [2.45, 2.75) is 19.8 Å². The van der Waals surface area contributed by atoms with Crippen molar-refractivity contribution in [1.82, 2.24) is 9.38 Å². The van der Waals surface area contributed by atoms with Gasteiger partial charge in [-0.15, -0.1) is 0 Å². The Hall–Kier alpha value is -1.84. The molecule has 0 aliphatic heterocycles. The summed E-state index contributed by atoms with van der Waals surface area (Å²) in [7, 11) is 0. The highest BCUT2D eigenvalue weighted by Crippen LogP contribution is 2.16. The summed E-state index contributed by atoms with van der Waals surface area (Å²) in [5.74, 6) is -0.0408. The molecule has 1 amide bonds. The molecule has 4 heteroatoms. The fourth-order valence-corrected chi connectivity index (χ4v) is 1.52. The molecule has 2 aromatic rings. The zero-order valence-electron chi connectivity index (χ0n) is 8.77. The third kappa shape index (κ3) is 1.58. The smallest absolute Gasteiger partial charge is 0.267 e. The van der Waals surface area contributed by atoms with E-state index in [1.165, 1.54) is 6.20 Å². The summed E-state index contributed by atoms with van der Waals surface area (Å²) in [4.78, 5) is 15.2. The number of rotatable bonds is 2. The van der Waals surface area contributed by atoms with Gasteiger partial charge in [0, 0.05) is 6.20 Å². The van der Waals surface area contributed by atoms with E-state index in [1.54, 1.807) is 4.40 Å². The maximum absolute atomic E-state index is 11.1. The largest absolute Gasteiger partial charge is 0.364 e. The molecule has 0 radical (unpaired) electrons. The van der Waals surface area contributed by atoms with Gasteiger partial charge >= 0.3 is 0 Å². The molecule has 0 aliphatic carbocycles. The van der Waals surface area contributed by atoms with Crippen LogP contribution in [0.25, 0.3) is 5.65 Å². The van der Waals surface area contributed by atoms with Gasteiger partial charge in [0.25, 0.3) is 5.91 Å². The number of amides is 1. The maximum Gasteiger partial charge on any atom is 0.267 e. The van der Waals surface area contributed by atoms with E-state index >= 15 is 0 Å². The first-order valence-corrected chi connectivity index (χ1v) is 4.86. The quantitative estimate of drug-likeness (QED) is 0.805. The van der Waals surface area contributed by atoms with E-state index < -0.39 is 5.91 Å². The number of aromatic nitrogens is 2. The molecule has 0 atom stereocenters. The Kier molecular flexibility index (Phi) is 2.19. The minimum absolute atomic E-state index is 0.414. The van der Waals surface area contributed by atoms with Crippen molar-refractivity contribution in [1.29, 1.82) is 0 Å². The van der Waals surface area contributed by atoms with Gasteiger partial charge in [-0.3, -0.25) is 9.20 Å². The number of carbonyl (C=O) groups excluding carboxylic acids is 1. The number of primary amides is 1. The number of nitrogens with two attached hydrogens (primary N) is 1. The predicted molar refractivity (Wildman–Crippen MR) is 57.8 cm³/mol. The van der Waals surface area contributed by atoms with Crippen molar-refractivity contribution in [2.75, 3.05) is 0 Å². The first-order valence-electron chi connectivity index (χ1n) is 4.86. The molecule has 4 nitrogen and oxygen atoms in total. The molecule has 15 heavy (non-hydrogen) atoms. The second-order valence-electron chi connectivity index (χ2n) is 3.85. The molecule has 78 valence electrons. The monoisotopic (exact) mass is 203 g/mol. The normalized spacial score (nSPS) is 11.1. The third-order valence-corrected chi connectivity index (χ3v) is 2.45. The van der Waals surface area contributed by atoms with Gasteiger partial charge in [0.2, 0.25) is 0 Å². The van der Waals surface area contributed by atoms with Crippen molar-refractivity contribution in [3.63, 3.8) is 0 Å². The molecule has 0 unspecified atom stereocenters. The Morgan fingerprint density at radius 1 is 1.47 bits per heavy atom. The van der Waals surface area contributed by atoms with E-state index in [1.807, 2.05) is 18.3 Å². The van der Waals surface area contributed by atoms with Crippen LogP contribution in [0.4, 0.5) is 0 Å². The van der Waals surface area contributed by atoms with E-state index in [9.17, 15) is 4.79 Å². The lowest BCUT2D eigenvalue weighted by atomic mass is 10.1. The van der Waals surface area contributed by atoms with Gasteiger partial charge in [0.05, 0.1) is 6.20 Å². The van der Waals surface area contributed by atoms with Crippen LogP contribution < -0.4 is 5.73 Å². The molecule has 0 aromatic carbocycles. The highest BCUT2D eigenvalue weighted by molar-refractivity contribution is 5.91. The Morgan fingerprint density at radius 2 is 2.20 bits per heavy atom. The van der Waals surface area contributed by atoms with Crippen LogP contribution in [-0.2, 0) is 0 Å². The highest BCUT2D eigenvalue weighted by Gasteiger charge is 2.09. The van der Waals surface area contributed by atoms with Crippen molar-refractivity contribution in [2.24, 2.45) is 5.73 Å². The van der Waals surface area contributed by atoms with E-state index in [2.05, 4.69) is 18.8 Å². The number of carbonyl (C=O) groups is 1. The van der Waals surface area contributed by atoms with E-state index in [-0.39, 0.29) is 0 Å². The second-order valence-corrected chi connectivity index (χ2v) is 3.85. The molecular formula is C11H13N3O. The predicted octanol–water partition coefficient (Wildman–Crippen LogP) is 1.56.